The van der Waals surface area contributed by atoms with Crippen LogP contribution in [0.3, 0.4) is 0 Å². The highest BCUT2D eigenvalue weighted by Crippen LogP contribution is 2.25. The molecule has 1 aromatic rings. The van der Waals surface area contributed by atoms with Gasteiger partial charge in [0.05, 0.1) is 5.69 Å². The fourth-order valence-electron chi connectivity index (χ4n) is 2.67. The highest BCUT2D eigenvalue weighted by atomic mass is 19.1. The molecule has 2 rings (SSSR count). The molecule has 0 amide bonds. The third-order valence-electron chi connectivity index (χ3n) is 4.09. The van der Waals surface area contributed by atoms with Crippen LogP contribution in [0.25, 0.3) is 0 Å². The zero-order chi connectivity index (χ0) is 14.0. The molecule has 19 heavy (non-hydrogen) atoms. The van der Waals surface area contributed by atoms with E-state index in [2.05, 4.69) is 23.8 Å². The van der Waals surface area contributed by atoms with Crippen molar-refractivity contribution in [2.45, 2.75) is 32.4 Å². The zero-order valence-corrected chi connectivity index (χ0v) is 12.1. The molecule has 2 N–H and O–H groups in total. The number of likely N-dealkylation sites (N-methyl/N-ethyl adjacent to an activating group) is 1. The molecule has 2 atom stereocenters. The van der Waals surface area contributed by atoms with Crippen LogP contribution in [0.15, 0.2) is 18.2 Å². The van der Waals surface area contributed by atoms with Crippen molar-refractivity contribution in [1.82, 2.24) is 4.90 Å². The zero-order valence-electron chi connectivity index (χ0n) is 12.1. The summed E-state index contributed by atoms with van der Waals surface area (Å²) in [6.45, 7) is 6.80. The van der Waals surface area contributed by atoms with Crippen LogP contribution in [0, 0.1) is 5.82 Å². The molecule has 3 nitrogen and oxygen atoms in total. The minimum atomic E-state index is -0.158. The number of nitrogens with two attached hydrogens (primary N) is 1. The number of piperazine rings is 1. The fraction of sp³-hybridized carbons (Fsp3) is 0.600. The van der Waals surface area contributed by atoms with Gasteiger partial charge in [0.15, 0.2) is 0 Å². The van der Waals surface area contributed by atoms with Crippen molar-refractivity contribution < 1.29 is 4.39 Å². The second-order valence-electron chi connectivity index (χ2n) is 5.49. The molecular weight excluding hydrogens is 241 g/mol. The molecule has 4 heteroatoms. The van der Waals surface area contributed by atoms with E-state index in [0.29, 0.717) is 11.7 Å². The quantitative estimate of drug-likeness (QED) is 0.910. The van der Waals surface area contributed by atoms with Gasteiger partial charge in [0.1, 0.15) is 5.82 Å². The van der Waals surface area contributed by atoms with Crippen molar-refractivity contribution in [3.05, 3.63) is 29.6 Å². The Morgan fingerprint density at radius 2 is 2.16 bits per heavy atom. The molecule has 0 bridgehead atoms. The molecular formula is C15H24FN3. The van der Waals surface area contributed by atoms with E-state index in [4.69, 9.17) is 5.73 Å². The van der Waals surface area contributed by atoms with Crippen molar-refractivity contribution in [2.75, 3.05) is 31.6 Å². The number of anilines is 1. The lowest BCUT2D eigenvalue weighted by Gasteiger charge is -2.40. The van der Waals surface area contributed by atoms with Gasteiger partial charge >= 0.3 is 0 Å². The Balaban J connectivity index is 2.18. The smallest absolute Gasteiger partial charge is 0.146 e. The summed E-state index contributed by atoms with van der Waals surface area (Å²) < 4.78 is 14.2. The van der Waals surface area contributed by atoms with E-state index in [1.54, 1.807) is 6.07 Å². The van der Waals surface area contributed by atoms with Crippen LogP contribution in [-0.4, -0.2) is 37.6 Å². The molecule has 0 spiro atoms. The number of nitrogens with zero attached hydrogens (tertiary/aromatic N) is 2. The predicted octanol–water partition coefficient (Wildman–Crippen LogP) is 2.38. The van der Waals surface area contributed by atoms with Crippen molar-refractivity contribution in [3.8, 4) is 0 Å². The number of benzene rings is 1. The van der Waals surface area contributed by atoms with E-state index in [0.717, 1.165) is 31.6 Å². The van der Waals surface area contributed by atoms with Gasteiger partial charge in [-0.25, -0.2) is 4.39 Å². The second kappa shape index (κ2) is 5.88. The standard InChI is InChI=1S/C15H24FN3/c1-4-13-10-19(8-7-18(13)3)15-6-5-12(11(2)17)9-14(15)16/h5-6,9,11,13H,4,7-8,10,17H2,1-3H3/t11-,13?/m1/s1. The fourth-order valence-corrected chi connectivity index (χ4v) is 2.67. The third kappa shape index (κ3) is 3.07. The molecule has 0 radical (unpaired) electrons. The van der Waals surface area contributed by atoms with Gasteiger partial charge in [-0.15, -0.1) is 0 Å². The van der Waals surface area contributed by atoms with Gasteiger partial charge in [0.25, 0.3) is 0 Å². The first kappa shape index (κ1) is 14.3. The van der Waals surface area contributed by atoms with E-state index in [9.17, 15) is 4.39 Å². The maximum absolute atomic E-state index is 14.2. The molecule has 1 heterocycles. The summed E-state index contributed by atoms with van der Waals surface area (Å²) >= 11 is 0. The van der Waals surface area contributed by atoms with Gasteiger partial charge < -0.3 is 10.6 Å². The van der Waals surface area contributed by atoms with Gasteiger partial charge in [-0.1, -0.05) is 13.0 Å². The molecule has 1 saturated heterocycles. The van der Waals surface area contributed by atoms with Crippen LogP contribution in [0.1, 0.15) is 31.9 Å². The Morgan fingerprint density at radius 1 is 1.42 bits per heavy atom. The normalized spacial score (nSPS) is 22.6. The third-order valence-corrected chi connectivity index (χ3v) is 4.09. The molecule has 1 fully saturated rings. The lowest BCUT2D eigenvalue weighted by Crippen LogP contribution is -2.51. The van der Waals surface area contributed by atoms with Crippen LogP contribution >= 0.6 is 0 Å². The largest absolute Gasteiger partial charge is 0.366 e. The highest BCUT2D eigenvalue weighted by molar-refractivity contribution is 5.50. The molecule has 1 aliphatic heterocycles. The molecule has 106 valence electrons. The van der Waals surface area contributed by atoms with Crippen LogP contribution in [0.4, 0.5) is 10.1 Å². The van der Waals surface area contributed by atoms with Gasteiger partial charge in [-0.05, 0) is 38.1 Å². The van der Waals surface area contributed by atoms with Gasteiger partial charge in [-0.3, -0.25) is 4.90 Å². The Morgan fingerprint density at radius 3 is 2.74 bits per heavy atom. The summed E-state index contributed by atoms with van der Waals surface area (Å²) in [5.41, 5.74) is 7.34. The molecule has 0 aliphatic carbocycles. The summed E-state index contributed by atoms with van der Waals surface area (Å²) in [6.07, 6.45) is 1.09. The van der Waals surface area contributed by atoms with Crippen LogP contribution in [0.2, 0.25) is 0 Å². The van der Waals surface area contributed by atoms with Crippen molar-refractivity contribution in [1.29, 1.82) is 0 Å². The summed E-state index contributed by atoms with van der Waals surface area (Å²) in [4.78, 5) is 4.50. The maximum atomic E-state index is 14.2. The van der Waals surface area contributed by atoms with Gasteiger partial charge in [-0.2, -0.15) is 0 Å². The van der Waals surface area contributed by atoms with E-state index in [1.807, 2.05) is 19.1 Å². The number of halogens is 1. The second-order valence-corrected chi connectivity index (χ2v) is 5.49. The Bertz CT molecular complexity index is 433. The molecule has 1 aliphatic rings. The van der Waals surface area contributed by atoms with Gasteiger partial charge in [0, 0.05) is 31.7 Å². The number of hydrogen-bond acceptors (Lipinski definition) is 3. The average Bonchev–Trinajstić information content (AvgIpc) is 2.39. The molecule has 0 aromatic heterocycles. The first-order valence-corrected chi connectivity index (χ1v) is 7.03. The SMILES string of the molecule is CCC1CN(c2ccc([C@@H](C)N)cc2F)CCN1C. The summed E-state index contributed by atoms with van der Waals surface area (Å²) in [7, 11) is 2.14. The van der Waals surface area contributed by atoms with Crippen LogP contribution < -0.4 is 10.6 Å². The van der Waals surface area contributed by atoms with E-state index in [-0.39, 0.29) is 11.9 Å². The van der Waals surface area contributed by atoms with Gasteiger partial charge in [0.2, 0.25) is 0 Å². The lowest BCUT2D eigenvalue weighted by molar-refractivity contribution is 0.213. The monoisotopic (exact) mass is 265 g/mol. The minimum absolute atomic E-state index is 0.126. The molecule has 0 saturated carbocycles. The Labute approximate surface area is 115 Å². The first-order valence-electron chi connectivity index (χ1n) is 7.03. The Hall–Kier alpha value is -1.13. The first-order chi connectivity index (χ1) is 9.02. The lowest BCUT2D eigenvalue weighted by atomic mass is 10.1. The van der Waals surface area contributed by atoms with Crippen LogP contribution in [-0.2, 0) is 0 Å². The highest BCUT2D eigenvalue weighted by Gasteiger charge is 2.24. The predicted molar refractivity (Wildman–Crippen MR) is 77.9 cm³/mol. The van der Waals surface area contributed by atoms with E-state index in [1.165, 1.54) is 0 Å². The molecule has 1 unspecified atom stereocenters. The molecule has 1 aromatic carbocycles. The number of rotatable bonds is 3. The summed E-state index contributed by atoms with van der Waals surface area (Å²) in [5.74, 6) is -0.158. The van der Waals surface area contributed by atoms with Crippen molar-refractivity contribution >= 4 is 5.69 Å². The van der Waals surface area contributed by atoms with Crippen molar-refractivity contribution in [3.63, 3.8) is 0 Å². The Kier molecular flexibility index (Phi) is 4.42. The van der Waals surface area contributed by atoms with Crippen LogP contribution in [0.5, 0.6) is 0 Å². The number of hydrogen-bond donors (Lipinski definition) is 1. The van der Waals surface area contributed by atoms with E-state index >= 15 is 0 Å². The van der Waals surface area contributed by atoms with Crippen molar-refractivity contribution in [2.24, 2.45) is 5.73 Å². The minimum Gasteiger partial charge on any atom is -0.366 e. The topological polar surface area (TPSA) is 32.5 Å². The maximum Gasteiger partial charge on any atom is 0.146 e. The van der Waals surface area contributed by atoms with E-state index < -0.39 is 0 Å². The summed E-state index contributed by atoms with van der Waals surface area (Å²) in [5, 5.41) is 0. The summed E-state index contributed by atoms with van der Waals surface area (Å²) in [6, 6.07) is 5.74. The average molecular weight is 265 g/mol.